The summed E-state index contributed by atoms with van der Waals surface area (Å²) in [6, 6.07) is 0. The summed E-state index contributed by atoms with van der Waals surface area (Å²) in [6.45, 7) is 7.13. The zero-order valence-corrected chi connectivity index (χ0v) is 12.0. The quantitative estimate of drug-likeness (QED) is 0.608. The first-order valence-electron chi connectivity index (χ1n) is 7.11. The molecule has 0 aromatic carbocycles. The Kier molecular flexibility index (Phi) is 7.55. The van der Waals surface area contributed by atoms with Gasteiger partial charge in [0.05, 0.1) is 0 Å². The van der Waals surface area contributed by atoms with E-state index in [0.29, 0.717) is 4.75 Å². The van der Waals surface area contributed by atoms with Gasteiger partial charge in [-0.2, -0.15) is 11.8 Å². The second-order valence-corrected chi connectivity index (χ2v) is 7.03. The Morgan fingerprint density at radius 2 is 1.88 bits per heavy atom. The van der Waals surface area contributed by atoms with Gasteiger partial charge in [-0.3, -0.25) is 0 Å². The van der Waals surface area contributed by atoms with Crippen LogP contribution in [0.2, 0.25) is 0 Å². The first-order chi connectivity index (χ1) is 7.77. The third-order valence-electron chi connectivity index (χ3n) is 3.51. The molecule has 0 aromatic rings. The van der Waals surface area contributed by atoms with Gasteiger partial charge in [-0.05, 0) is 38.5 Å². The molecule has 16 heavy (non-hydrogen) atoms. The highest BCUT2D eigenvalue weighted by molar-refractivity contribution is 8.00. The Bertz CT molecular complexity index is 164. The van der Waals surface area contributed by atoms with Gasteiger partial charge in [0.25, 0.3) is 0 Å². The second-order valence-electron chi connectivity index (χ2n) is 5.35. The summed E-state index contributed by atoms with van der Waals surface area (Å²) in [6.07, 6.45) is 11.2. The Morgan fingerprint density at radius 3 is 2.56 bits per heavy atom. The number of thioether (sulfide) groups is 1. The highest BCUT2D eigenvalue weighted by atomic mass is 32.2. The fraction of sp³-hybridized carbons (Fsp3) is 1.00. The standard InChI is InChI=1S/C14H29NS/c1-3-4-5-6-7-8-11-15-13-14(2)10-9-12-16-14/h15H,3-13H2,1-2H3. The Hall–Kier alpha value is 0.310. The van der Waals surface area contributed by atoms with E-state index in [4.69, 9.17) is 0 Å². The summed E-state index contributed by atoms with van der Waals surface area (Å²) in [7, 11) is 0. The SMILES string of the molecule is CCCCCCCCNCC1(C)CCCS1. The summed E-state index contributed by atoms with van der Waals surface area (Å²) >= 11 is 2.16. The number of hydrogen-bond acceptors (Lipinski definition) is 2. The van der Waals surface area contributed by atoms with Gasteiger partial charge < -0.3 is 5.32 Å². The first-order valence-corrected chi connectivity index (χ1v) is 8.10. The number of hydrogen-bond donors (Lipinski definition) is 1. The molecule has 0 amide bonds. The van der Waals surface area contributed by atoms with Crippen LogP contribution in [0.15, 0.2) is 0 Å². The van der Waals surface area contributed by atoms with Gasteiger partial charge in [-0.1, -0.05) is 39.0 Å². The van der Waals surface area contributed by atoms with Gasteiger partial charge in [0.15, 0.2) is 0 Å². The van der Waals surface area contributed by atoms with Crippen molar-refractivity contribution < 1.29 is 0 Å². The summed E-state index contributed by atoms with van der Waals surface area (Å²) in [5.74, 6) is 1.37. The van der Waals surface area contributed by atoms with E-state index in [1.807, 2.05) is 0 Å². The topological polar surface area (TPSA) is 12.0 Å². The lowest BCUT2D eigenvalue weighted by atomic mass is 10.1. The molecular weight excluding hydrogens is 214 g/mol. The van der Waals surface area contributed by atoms with E-state index in [2.05, 4.69) is 30.9 Å². The molecule has 1 fully saturated rings. The van der Waals surface area contributed by atoms with Crippen LogP contribution in [0, 0.1) is 0 Å². The minimum atomic E-state index is 0.544. The molecule has 1 saturated heterocycles. The predicted octanol–water partition coefficient (Wildman–Crippen LogP) is 4.22. The number of unbranched alkanes of at least 4 members (excludes halogenated alkanes) is 5. The van der Waals surface area contributed by atoms with Crippen LogP contribution in [-0.2, 0) is 0 Å². The lowest BCUT2D eigenvalue weighted by molar-refractivity contribution is 0.515. The molecule has 1 rings (SSSR count). The van der Waals surface area contributed by atoms with E-state index < -0.39 is 0 Å². The Balaban J connectivity index is 1.84. The van der Waals surface area contributed by atoms with E-state index in [-0.39, 0.29) is 0 Å². The average molecular weight is 243 g/mol. The maximum Gasteiger partial charge on any atom is 0.0256 e. The van der Waals surface area contributed by atoms with Gasteiger partial charge >= 0.3 is 0 Å². The third-order valence-corrected chi connectivity index (χ3v) is 5.04. The molecule has 1 atom stereocenters. The van der Waals surface area contributed by atoms with Crippen LogP contribution in [-0.4, -0.2) is 23.6 Å². The minimum absolute atomic E-state index is 0.544. The zero-order valence-electron chi connectivity index (χ0n) is 11.2. The van der Waals surface area contributed by atoms with Crippen molar-refractivity contribution in [1.29, 1.82) is 0 Å². The van der Waals surface area contributed by atoms with Crippen LogP contribution in [0.3, 0.4) is 0 Å². The van der Waals surface area contributed by atoms with E-state index >= 15 is 0 Å². The second kappa shape index (κ2) is 8.41. The average Bonchev–Trinajstić information content (AvgIpc) is 2.70. The fourth-order valence-electron chi connectivity index (χ4n) is 2.36. The lowest BCUT2D eigenvalue weighted by Crippen LogP contribution is -2.33. The van der Waals surface area contributed by atoms with E-state index in [9.17, 15) is 0 Å². The molecule has 0 bridgehead atoms. The summed E-state index contributed by atoms with van der Waals surface area (Å²) < 4.78 is 0.544. The summed E-state index contributed by atoms with van der Waals surface area (Å²) in [5.41, 5.74) is 0. The molecule has 0 aromatic heterocycles. The van der Waals surface area contributed by atoms with Crippen LogP contribution in [0.25, 0.3) is 0 Å². The van der Waals surface area contributed by atoms with E-state index in [1.54, 1.807) is 0 Å². The van der Waals surface area contributed by atoms with Crippen molar-refractivity contribution in [2.24, 2.45) is 0 Å². The molecule has 1 aliphatic heterocycles. The van der Waals surface area contributed by atoms with Crippen molar-refractivity contribution in [2.75, 3.05) is 18.8 Å². The molecule has 1 unspecified atom stereocenters. The molecule has 96 valence electrons. The molecule has 0 radical (unpaired) electrons. The maximum absolute atomic E-state index is 3.64. The smallest absolute Gasteiger partial charge is 0.0256 e. The predicted molar refractivity (Wildman–Crippen MR) is 76.3 cm³/mol. The molecule has 1 aliphatic rings. The molecule has 1 heterocycles. The van der Waals surface area contributed by atoms with Crippen molar-refractivity contribution in [2.45, 2.75) is 70.0 Å². The van der Waals surface area contributed by atoms with Crippen molar-refractivity contribution in [3.63, 3.8) is 0 Å². The summed E-state index contributed by atoms with van der Waals surface area (Å²) in [5, 5.41) is 3.64. The van der Waals surface area contributed by atoms with Crippen molar-refractivity contribution >= 4 is 11.8 Å². The Morgan fingerprint density at radius 1 is 1.12 bits per heavy atom. The van der Waals surface area contributed by atoms with Gasteiger partial charge in [-0.15, -0.1) is 0 Å². The number of rotatable bonds is 9. The molecular formula is C14H29NS. The van der Waals surface area contributed by atoms with Crippen molar-refractivity contribution in [1.82, 2.24) is 5.32 Å². The van der Waals surface area contributed by atoms with Crippen LogP contribution in [0.5, 0.6) is 0 Å². The van der Waals surface area contributed by atoms with Crippen LogP contribution in [0.4, 0.5) is 0 Å². The maximum atomic E-state index is 3.64. The van der Waals surface area contributed by atoms with E-state index in [1.165, 1.54) is 70.2 Å². The first kappa shape index (κ1) is 14.4. The molecule has 1 nitrogen and oxygen atoms in total. The van der Waals surface area contributed by atoms with Crippen LogP contribution < -0.4 is 5.32 Å². The van der Waals surface area contributed by atoms with Crippen LogP contribution >= 0.6 is 11.8 Å². The number of nitrogens with one attached hydrogen (secondary N) is 1. The van der Waals surface area contributed by atoms with Gasteiger partial charge in [0.2, 0.25) is 0 Å². The highest BCUT2D eigenvalue weighted by Crippen LogP contribution is 2.36. The highest BCUT2D eigenvalue weighted by Gasteiger charge is 2.28. The molecule has 2 heteroatoms. The van der Waals surface area contributed by atoms with Crippen LogP contribution in [0.1, 0.15) is 65.2 Å². The van der Waals surface area contributed by atoms with E-state index in [0.717, 1.165) is 0 Å². The monoisotopic (exact) mass is 243 g/mol. The molecule has 0 spiro atoms. The molecule has 0 saturated carbocycles. The Labute approximate surface area is 106 Å². The van der Waals surface area contributed by atoms with Gasteiger partial charge in [0.1, 0.15) is 0 Å². The van der Waals surface area contributed by atoms with Gasteiger partial charge in [0, 0.05) is 11.3 Å². The summed E-state index contributed by atoms with van der Waals surface area (Å²) in [4.78, 5) is 0. The van der Waals surface area contributed by atoms with Crippen molar-refractivity contribution in [3.8, 4) is 0 Å². The third kappa shape index (κ3) is 6.15. The largest absolute Gasteiger partial charge is 0.315 e. The van der Waals surface area contributed by atoms with Gasteiger partial charge in [-0.25, -0.2) is 0 Å². The normalized spacial score (nSPS) is 25.1. The van der Waals surface area contributed by atoms with Crippen molar-refractivity contribution in [3.05, 3.63) is 0 Å². The fourth-order valence-corrected chi connectivity index (χ4v) is 3.63. The minimum Gasteiger partial charge on any atom is -0.315 e. The zero-order chi connectivity index (χ0) is 11.7. The molecule has 0 aliphatic carbocycles. The molecule has 1 N–H and O–H groups in total. The lowest BCUT2D eigenvalue weighted by Gasteiger charge is -2.22.